The zero-order valence-electron chi connectivity index (χ0n) is 16.5. The zero-order valence-corrected chi connectivity index (χ0v) is 18.8. The number of aliphatic imine (C=N–C) groups is 1. The monoisotopic (exact) mass is 483 g/mol. The lowest BCUT2D eigenvalue weighted by molar-refractivity contribution is -0.0594. The Morgan fingerprint density at radius 3 is 2.42 bits per heavy atom. The number of nitrogens with zero attached hydrogens (tertiary/aromatic N) is 1. The van der Waals surface area contributed by atoms with Crippen molar-refractivity contribution >= 4 is 29.9 Å². The minimum absolute atomic E-state index is 0. The molecule has 2 aliphatic rings. The highest BCUT2D eigenvalue weighted by molar-refractivity contribution is 14.0. The third-order valence-corrected chi connectivity index (χ3v) is 5.57. The number of halogens is 1. The lowest BCUT2D eigenvalue weighted by Crippen LogP contribution is -2.49. The SMILES string of the molecule is CCNC(=NCC1(CCOCC)CCCC1)NCC1(O)CCOCC1.I. The number of nitrogens with one attached hydrogen (secondary N) is 2. The quantitative estimate of drug-likeness (QED) is 0.204. The van der Waals surface area contributed by atoms with Gasteiger partial charge in [-0.3, -0.25) is 4.99 Å². The topological polar surface area (TPSA) is 75.1 Å². The highest BCUT2D eigenvalue weighted by Gasteiger charge is 2.34. The van der Waals surface area contributed by atoms with Crippen LogP contribution in [0, 0.1) is 5.41 Å². The van der Waals surface area contributed by atoms with Crippen molar-refractivity contribution < 1.29 is 14.6 Å². The summed E-state index contributed by atoms with van der Waals surface area (Å²) >= 11 is 0. The van der Waals surface area contributed by atoms with Crippen LogP contribution in [0.15, 0.2) is 4.99 Å². The smallest absolute Gasteiger partial charge is 0.191 e. The molecule has 26 heavy (non-hydrogen) atoms. The van der Waals surface area contributed by atoms with Gasteiger partial charge in [-0.05, 0) is 38.5 Å². The molecule has 6 nitrogen and oxygen atoms in total. The molecule has 0 unspecified atom stereocenters. The van der Waals surface area contributed by atoms with E-state index in [2.05, 4.69) is 17.6 Å². The van der Waals surface area contributed by atoms with Crippen LogP contribution < -0.4 is 10.6 Å². The molecule has 7 heteroatoms. The van der Waals surface area contributed by atoms with Gasteiger partial charge in [0.2, 0.25) is 0 Å². The van der Waals surface area contributed by atoms with E-state index in [1.165, 1.54) is 25.7 Å². The van der Waals surface area contributed by atoms with E-state index in [0.717, 1.165) is 38.7 Å². The zero-order chi connectivity index (χ0) is 18.0. The van der Waals surface area contributed by atoms with Crippen LogP contribution >= 0.6 is 24.0 Å². The molecule has 0 aromatic rings. The summed E-state index contributed by atoms with van der Waals surface area (Å²) < 4.78 is 10.9. The minimum atomic E-state index is -0.686. The van der Waals surface area contributed by atoms with Crippen molar-refractivity contribution in [2.24, 2.45) is 10.4 Å². The summed E-state index contributed by atoms with van der Waals surface area (Å²) in [6, 6.07) is 0. The highest BCUT2D eigenvalue weighted by Crippen LogP contribution is 2.41. The Balaban J connectivity index is 0.00000338. The fourth-order valence-electron chi connectivity index (χ4n) is 3.81. The van der Waals surface area contributed by atoms with Gasteiger partial charge in [-0.2, -0.15) is 0 Å². The molecule has 0 spiro atoms. The first-order chi connectivity index (χ1) is 12.1. The maximum atomic E-state index is 10.6. The lowest BCUT2D eigenvalue weighted by Gasteiger charge is -2.33. The average molecular weight is 483 g/mol. The Labute approximate surface area is 175 Å². The van der Waals surface area contributed by atoms with Gasteiger partial charge in [0.1, 0.15) is 0 Å². The second-order valence-electron chi connectivity index (χ2n) is 7.54. The first-order valence-corrected chi connectivity index (χ1v) is 10.0. The van der Waals surface area contributed by atoms with Crippen LogP contribution in [0.25, 0.3) is 0 Å². The Hall–Kier alpha value is -0.120. The Morgan fingerprint density at radius 1 is 1.12 bits per heavy atom. The van der Waals surface area contributed by atoms with Gasteiger partial charge in [-0.15, -0.1) is 24.0 Å². The molecule has 1 saturated carbocycles. The van der Waals surface area contributed by atoms with Gasteiger partial charge in [0.05, 0.1) is 5.60 Å². The van der Waals surface area contributed by atoms with Gasteiger partial charge in [-0.25, -0.2) is 0 Å². The molecule has 0 bridgehead atoms. The van der Waals surface area contributed by atoms with E-state index in [9.17, 15) is 5.11 Å². The molecule has 1 heterocycles. The number of hydrogen-bond acceptors (Lipinski definition) is 4. The summed E-state index contributed by atoms with van der Waals surface area (Å²) in [4.78, 5) is 4.86. The number of hydrogen-bond donors (Lipinski definition) is 3. The number of rotatable bonds is 9. The molecule has 0 aromatic heterocycles. The number of ether oxygens (including phenoxy) is 2. The van der Waals surface area contributed by atoms with Crippen molar-refractivity contribution in [3.8, 4) is 0 Å². The fourth-order valence-corrected chi connectivity index (χ4v) is 3.81. The molecule has 0 amide bonds. The standard InChI is InChI=1S/C19H37N3O3.HI/c1-3-20-17(22-16-19(23)10-13-25-14-11-19)21-15-18(7-5-6-8-18)9-12-24-4-2;/h23H,3-16H2,1-2H3,(H2,20,21,22);1H. The summed E-state index contributed by atoms with van der Waals surface area (Å²) in [7, 11) is 0. The van der Waals surface area contributed by atoms with Crippen molar-refractivity contribution in [3.05, 3.63) is 0 Å². The van der Waals surface area contributed by atoms with Gasteiger partial charge in [0.25, 0.3) is 0 Å². The number of aliphatic hydroxyl groups is 1. The van der Waals surface area contributed by atoms with Crippen LogP contribution in [0.1, 0.15) is 58.8 Å². The van der Waals surface area contributed by atoms with Crippen LogP contribution in [-0.4, -0.2) is 62.7 Å². The fraction of sp³-hybridized carbons (Fsp3) is 0.947. The third-order valence-electron chi connectivity index (χ3n) is 5.57. The highest BCUT2D eigenvalue weighted by atomic mass is 127. The van der Waals surface area contributed by atoms with E-state index < -0.39 is 5.60 Å². The normalized spacial score (nSPS) is 21.9. The van der Waals surface area contributed by atoms with Crippen LogP contribution in [0.5, 0.6) is 0 Å². The molecule has 0 radical (unpaired) electrons. The summed E-state index contributed by atoms with van der Waals surface area (Å²) in [5, 5.41) is 17.3. The van der Waals surface area contributed by atoms with E-state index >= 15 is 0 Å². The Kier molecular flexibility index (Phi) is 11.4. The first kappa shape index (κ1) is 23.9. The van der Waals surface area contributed by atoms with Gasteiger partial charge < -0.3 is 25.2 Å². The maximum absolute atomic E-state index is 10.6. The molecule has 2 fully saturated rings. The summed E-state index contributed by atoms with van der Waals surface area (Å²) in [5.41, 5.74) is -0.401. The van der Waals surface area contributed by atoms with Gasteiger partial charge in [0, 0.05) is 58.9 Å². The molecular formula is C19H38IN3O3. The summed E-state index contributed by atoms with van der Waals surface area (Å²) in [6.07, 6.45) is 7.52. The average Bonchev–Trinajstić information content (AvgIpc) is 3.07. The molecule has 0 atom stereocenters. The van der Waals surface area contributed by atoms with Crippen molar-refractivity contribution in [2.75, 3.05) is 46.1 Å². The molecule has 0 aromatic carbocycles. The van der Waals surface area contributed by atoms with Gasteiger partial charge in [0.15, 0.2) is 5.96 Å². The number of guanidine groups is 1. The van der Waals surface area contributed by atoms with Crippen LogP contribution in [0.4, 0.5) is 0 Å². The molecule has 1 aliphatic heterocycles. The van der Waals surface area contributed by atoms with Crippen molar-refractivity contribution in [1.82, 2.24) is 10.6 Å². The van der Waals surface area contributed by atoms with Crippen LogP contribution in [0.2, 0.25) is 0 Å². The minimum Gasteiger partial charge on any atom is -0.388 e. The first-order valence-electron chi connectivity index (χ1n) is 10.0. The van der Waals surface area contributed by atoms with E-state index in [-0.39, 0.29) is 29.4 Å². The van der Waals surface area contributed by atoms with E-state index in [0.29, 0.717) is 32.6 Å². The molecule has 154 valence electrons. The van der Waals surface area contributed by atoms with E-state index in [1.807, 2.05) is 6.92 Å². The van der Waals surface area contributed by atoms with Crippen molar-refractivity contribution in [2.45, 2.75) is 64.4 Å². The summed E-state index contributed by atoms with van der Waals surface area (Å²) in [6.45, 7) is 9.17. The summed E-state index contributed by atoms with van der Waals surface area (Å²) in [5.74, 6) is 0.810. The van der Waals surface area contributed by atoms with E-state index in [1.54, 1.807) is 0 Å². The molecular weight excluding hydrogens is 445 g/mol. The third kappa shape index (κ3) is 7.86. The van der Waals surface area contributed by atoms with Gasteiger partial charge >= 0.3 is 0 Å². The second-order valence-corrected chi connectivity index (χ2v) is 7.54. The maximum Gasteiger partial charge on any atom is 0.191 e. The lowest BCUT2D eigenvalue weighted by atomic mass is 9.83. The van der Waals surface area contributed by atoms with Crippen LogP contribution in [-0.2, 0) is 9.47 Å². The Bertz CT molecular complexity index is 409. The molecule has 1 aliphatic carbocycles. The predicted octanol–water partition coefficient (Wildman–Crippen LogP) is 2.69. The van der Waals surface area contributed by atoms with Crippen LogP contribution in [0.3, 0.4) is 0 Å². The predicted molar refractivity (Wildman–Crippen MR) is 116 cm³/mol. The Morgan fingerprint density at radius 2 is 1.81 bits per heavy atom. The largest absolute Gasteiger partial charge is 0.388 e. The molecule has 1 saturated heterocycles. The van der Waals surface area contributed by atoms with E-state index in [4.69, 9.17) is 14.5 Å². The second kappa shape index (κ2) is 12.4. The van der Waals surface area contributed by atoms with Gasteiger partial charge in [-0.1, -0.05) is 12.8 Å². The van der Waals surface area contributed by atoms with Crippen molar-refractivity contribution in [3.63, 3.8) is 0 Å². The van der Waals surface area contributed by atoms with Crippen molar-refractivity contribution in [1.29, 1.82) is 0 Å². The molecule has 2 rings (SSSR count). The molecule has 3 N–H and O–H groups in total.